The third-order valence-electron chi connectivity index (χ3n) is 3.43. The minimum absolute atomic E-state index is 0.0593. The molecule has 0 unspecified atom stereocenters. The van der Waals surface area contributed by atoms with Crippen LogP contribution in [-0.2, 0) is 23.7 Å². The molecule has 0 atom stereocenters. The molecule has 12 heteroatoms. The lowest BCUT2D eigenvalue weighted by atomic mass is 10.1. The van der Waals surface area contributed by atoms with Crippen molar-refractivity contribution >= 4 is 33.8 Å². The van der Waals surface area contributed by atoms with Crippen LogP contribution in [0.4, 0.5) is 9.59 Å². The van der Waals surface area contributed by atoms with Gasteiger partial charge >= 0.3 is 12.2 Å². The van der Waals surface area contributed by atoms with Crippen molar-refractivity contribution in [2.45, 2.75) is 37.9 Å². The Bertz CT molecular complexity index is 446. The summed E-state index contributed by atoms with van der Waals surface area (Å²) in [4.78, 5) is 22.1. The molecule has 0 aromatic carbocycles. The minimum Gasteiger partial charge on any atom is -0.450 e. The lowest BCUT2D eigenvalue weighted by Gasteiger charge is -2.22. The molecule has 0 aromatic heterocycles. The van der Waals surface area contributed by atoms with Crippen LogP contribution in [0.1, 0.15) is 33.1 Å². The van der Waals surface area contributed by atoms with Gasteiger partial charge in [-0.1, -0.05) is 21.6 Å². The summed E-state index contributed by atoms with van der Waals surface area (Å²) in [5, 5.41) is 2.64. The van der Waals surface area contributed by atoms with Gasteiger partial charge < -0.3 is 40.5 Å². The Labute approximate surface area is 187 Å². The van der Waals surface area contributed by atoms with E-state index in [0.717, 1.165) is 19.3 Å². The molecule has 5 N–H and O–H groups in total. The van der Waals surface area contributed by atoms with Gasteiger partial charge in [-0.3, -0.25) is 0 Å². The minimum atomic E-state index is -0.749. The zero-order valence-corrected chi connectivity index (χ0v) is 19.7. The van der Waals surface area contributed by atoms with Crippen LogP contribution in [0.15, 0.2) is 0 Å². The van der Waals surface area contributed by atoms with Gasteiger partial charge in [0.1, 0.15) is 5.94 Å². The highest BCUT2D eigenvalue weighted by Crippen LogP contribution is 2.37. The molecule has 0 bridgehead atoms. The quantitative estimate of drug-likeness (QED) is 0.137. The summed E-state index contributed by atoms with van der Waals surface area (Å²) in [6.07, 6.45) is 1.05. The van der Waals surface area contributed by atoms with E-state index in [0.29, 0.717) is 65.3 Å². The molecule has 0 saturated heterocycles. The second-order valence-corrected chi connectivity index (χ2v) is 9.64. The molecule has 0 aromatic rings. The Morgan fingerprint density at radius 1 is 0.900 bits per heavy atom. The maximum Gasteiger partial charge on any atom is 0.407 e. The number of carbonyl (C=O) groups is 2. The van der Waals surface area contributed by atoms with Gasteiger partial charge in [-0.15, -0.1) is 0 Å². The number of nitrogens with two attached hydrogens (primary N) is 2. The molecular formula is C18H37N3O7S2. The third-order valence-corrected chi connectivity index (χ3v) is 6.46. The maximum absolute atomic E-state index is 11.7. The second-order valence-electron chi connectivity index (χ2n) is 6.69. The van der Waals surface area contributed by atoms with Gasteiger partial charge in [0.05, 0.1) is 39.6 Å². The average molecular weight is 472 g/mol. The van der Waals surface area contributed by atoms with Crippen molar-refractivity contribution in [3.8, 4) is 0 Å². The summed E-state index contributed by atoms with van der Waals surface area (Å²) >= 11 is 0. The average Bonchev–Trinajstić information content (AvgIpc) is 2.68. The molecule has 0 saturated carbocycles. The lowest BCUT2D eigenvalue weighted by Crippen LogP contribution is -2.29. The monoisotopic (exact) mass is 471 g/mol. The van der Waals surface area contributed by atoms with Crippen molar-refractivity contribution in [2.75, 3.05) is 65.3 Å². The molecule has 30 heavy (non-hydrogen) atoms. The number of unbranched alkanes of at least 4 members (excludes halogenated alkanes) is 1. The first-order chi connectivity index (χ1) is 14.4. The number of alkyl carbamates (subject to hydrolysis) is 1. The van der Waals surface area contributed by atoms with E-state index < -0.39 is 12.2 Å². The van der Waals surface area contributed by atoms with Gasteiger partial charge in [-0.25, -0.2) is 9.59 Å². The van der Waals surface area contributed by atoms with E-state index in [1.54, 1.807) is 21.6 Å². The zero-order chi connectivity index (χ0) is 22.5. The van der Waals surface area contributed by atoms with Gasteiger partial charge in [0.25, 0.3) is 0 Å². The Hall–Kier alpha value is -0.920. The molecule has 178 valence electrons. The van der Waals surface area contributed by atoms with E-state index >= 15 is 0 Å². The standard InChI is InChI=1S/C18H37N3O7S2/c1-18(2,30-29-15-26-8-3-4-9-27-16(20)22)5-10-28-17(23)21-7-12-25-14-13-24-11-6-19/h3-15,19H2,1-2H3,(H2,20,22)(H,21,23). The van der Waals surface area contributed by atoms with Crippen molar-refractivity contribution in [1.29, 1.82) is 0 Å². The molecule has 2 amide bonds. The van der Waals surface area contributed by atoms with Gasteiger partial charge in [-0.05, 0) is 33.1 Å². The van der Waals surface area contributed by atoms with E-state index in [4.69, 9.17) is 30.4 Å². The number of rotatable bonds is 20. The predicted octanol–water partition coefficient (Wildman–Crippen LogP) is 2.10. The SMILES string of the molecule is CC(C)(CCOC(=O)NCCOCCOCCN)SSCOCCCCOC(N)=O. The highest BCUT2D eigenvalue weighted by molar-refractivity contribution is 8.77. The molecule has 0 rings (SSSR count). The molecule has 0 aliphatic carbocycles. The number of ether oxygens (including phenoxy) is 5. The smallest absolute Gasteiger partial charge is 0.407 e. The lowest BCUT2D eigenvalue weighted by molar-refractivity contribution is 0.0512. The number of nitrogens with one attached hydrogen (secondary N) is 1. The molecule has 0 heterocycles. The number of primary amides is 1. The van der Waals surface area contributed by atoms with Crippen LogP contribution in [-0.4, -0.2) is 82.2 Å². The zero-order valence-electron chi connectivity index (χ0n) is 18.0. The van der Waals surface area contributed by atoms with Crippen LogP contribution in [0.25, 0.3) is 0 Å². The normalized spacial score (nSPS) is 11.3. The summed E-state index contributed by atoms with van der Waals surface area (Å²) in [6, 6.07) is 0. The molecular weight excluding hydrogens is 434 g/mol. The van der Waals surface area contributed by atoms with Crippen LogP contribution in [0.3, 0.4) is 0 Å². The fraction of sp³-hybridized carbons (Fsp3) is 0.889. The maximum atomic E-state index is 11.7. The van der Waals surface area contributed by atoms with E-state index in [2.05, 4.69) is 23.9 Å². The molecule has 0 aliphatic heterocycles. The summed E-state index contributed by atoms with van der Waals surface area (Å²) < 4.78 is 25.8. The van der Waals surface area contributed by atoms with Crippen LogP contribution in [0.5, 0.6) is 0 Å². The summed E-state index contributed by atoms with van der Waals surface area (Å²) in [5.74, 6) is 0.559. The highest BCUT2D eigenvalue weighted by atomic mass is 33.1. The van der Waals surface area contributed by atoms with Crippen LogP contribution < -0.4 is 16.8 Å². The van der Waals surface area contributed by atoms with Crippen LogP contribution >= 0.6 is 21.6 Å². The number of amides is 2. The Kier molecular flexibility index (Phi) is 19.4. The van der Waals surface area contributed by atoms with Crippen molar-refractivity contribution in [2.24, 2.45) is 11.5 Å². The fourth-order valence-electron chi connectivity index (χ4n) is 1.87. The van der Waals surface area contributed by atoms with Gasteiger partial charge in [0.2, 0.25) is 0 Å². The Morgan fingerprint density at radius 2 is 1.60 bits per heavy atom. The highest BCUT2D eigenvalue weighted by Gasteiger charge is 2.19. The third kappa shape index (κ3) is 21.8. The van der Waals surface area contributed by atoms with E-state index in [9.17, 15) is 9.59 Å². The van der Waals surface area contributed by atoms with Crippen LogP contribution in [0, 0.1) is 0 Å². The first-order valence-corrected chi connectivity index (χ1v) is 12.3. The van der Waals surface area contributed by atoms with Gasteiger partial charge in [0, 0.05) is 24.4 Å². The summed E-state index contributed by atoms with van der Waals surface area (Å²) in [7, 11) is 3.30. The molecule has 0 radical (unpaired) electrons. The van der Waals surface area contributed by atoms with Crippen molar-refractivity contribution in [1.82, 2.24) is 5.32 Å². The molecule has 10 nitrogen and oxygen atoms in total. The van der Waals surface area contributed by atoms with E-state index in [1.165, 1.54) is 0 Å². The van der Waals surface area contributed by atoms with Crippen molar-refractivity contribution in [3.63, 3.8) is 0 Å². The Balaban J connectivity index is 3.50. The first-order valence-electron chi connectivity index (χ1n) is 9.94. The van der Waals surface area contributed by atoms with E-state index in [1.807, 2.05) is 0 Å². The fourth-order valence-corrected chi connectivity index (χ4v) is 4.14. The van der Waals surface area contributed by atoms with E-state index in [-0.39, 0.29) is 4.75 Å². The number of hydrogen-bond acceptors (Lipinski definition) is 10. The number of hydrogen-bond donors (Lipinski definition) is 3. The second kappa shape index (κ2) is 20.0. The summed E-state index contributed by atoms with van der Waals surface area (Å²) in [6.45, 7) is 8.18. The van der Waals surface area contributed by atoms with Gasteiger partial charge in [0.15, 0.2) is 0 Å². The van der Waals surface area contributed by atoms with Crippen molar-refractivity contribution in [3.05, 3.63) is 0 Å². The number of carbonyl (C=O) groups excluding carboxylic acids is 2. The molecule has 0 aliphatic rings. The molecule has 0 fully saturated rings. The first kappa shape index (κ1) is 29.1. The van der Waals surface area contributed by atoms with Crippen LogP contribution in [0.2, 0.25) is 0 Å². The summed E-state index contributed by atoms with van der Waals surface area (Å²) in [5.41, 5.74) is 10.2. The Morgan fingerprint density at radius 3 is 2.30 bits per heavy atom. The predicted molar refractivity (Wildman–Crippen MR) is 120 cm³/mol. The topological polar surface area (TPSA) is 144 Å². The molecule has 0 spiro atoms. The van der Waals surface area contributed by atoms with Gasteiger partial charge in [-0.2, -0.15) is 0 Å². The largest absolute Gasteiger partial charge is 0.450 e. The van der Waals surface area contributed by atoms with Crippen molar-refractivity contribution < 1.29 is 33.3 Å².